The van der Waals surface area contributed by atoms with Gasteiger partial charge in [0.2, 0.25) is 0 Å². The molecular weight excluding hydrogens is 272 g/mol. The maximum Gasteiger partial charge on any atom is 0.0540 e. The molecule has 0 heterocycles. The van der Waals surface area contributed by atoms with E-state index < -0.39 is 0 Å². The highest BCUT2D eigenvalue weighted by molar-refractivity contribution is 4.55. The van der Waals surface area contributed by atoms with E-state index in [1.165, 1.54) is 77.0 Å². The van der Waals surface area contributed by atoms with Crippen LogP contribution in [0.2, 0.25) is 0 Å². The van der Waals surface area contributed by atoms with Crippen LogP contribution < -0.4 is 0 Å². The van der Waals surface area contributed by atoms with Gasteiger partial charge in [0.05, 0.1) is 6.10 Å². The lowest BCUT2D eigenvalue weighted by molar-refractivity contribution is 0.148. The van der Waals surface area contributed by atoms with Gasteiger partial charge >= 0.3 is 0 Å². The molecule has 0 rings (SSSR count). The van der Waals surface area contributed by atoms with Gasteiger partial charge in [-0.05, 0) is 19.3 Å². The Kier molecular flexibility index (Phi) is 25.5. The van der Waals surface area contributed by atoms with E-state index in [0.29, 0.717) is 6.61 Å². The van der Waals surface area contributed by atoms with Crippen LogP contribution in [-0.4, -0.2) is 22.9 Å². The summed E-state index contributed by atoms with van der Waals surface area (Å²) in [5.74, 6) is 0. The van der Waals surface area contributed by atoms with Crippen LogP contribution in [0.5, 0.6) is 0 Å². The Hall–Kier alpha value is -0.0800. The molecule has 0 aromatic heterocycles. The molecule has 0 fully saturated rings. The first-order chi connectivity index (χ1) is 10.7. The predicted octanol–water partition coefficient (Wildman–Crippen LogP) is 6.24. The highest BCUT2D eigenvalue weighted by Gasteiger charge is 2.02. The minimum atomic E-state index is -0.0263. The summed E-state index contributed by atoms with van der Waals surface area (Å²) in [4.78, 5) is 0. The van der Waals surface area contributed by atoms with Crippen molar-refractivity contribution in [2.45, 2.75) is 123 Å². The molecule has 0 aromatic carbocycles. The summed E-state index contributed by atoms with van der Waals surface area (Å²) in [7, 11) is 0. The van der Waals surface area contributed by atoms with Crippen LogP contribution in [0.1, 0.15) is 117 Å². The first kappa shape index (κ1) is 24.2. The van der Waals surface area contributed by atoms with Crippen LogP contribution in [0.25, 0.3) is 0 Å². The Labute approximate surface area is 140 Å². The zero-order valence-electron chi connectivity index (χ0n) is 15.8. The number of hydrogen-bond donors (Lipinski definition) is 2. The molecule has 0 saturated heterocycles. The Morgan fingerprint density at radius 3 is 1.45 bits per heavy atom. The SMILES string of the molecule is CCCCCCCC(O)CCCC.CCCCCCCCO. The van der Waals surface area contributed by atoms with Crippen LogP contribution in [0.15, 0.2) is 0 Å². The van der Waals surface area contributed by atoms with E-state index in [4.69, 9.17) is 5.11 Å². The highest BCUT2D eigenvalue weighted by atomic mass is 16.3. The van der Waals surface area contributed by atoms with Crippen molar-refractivity contribution in [3.8, 4) is 0 Å². The average Bonchev–Trinajstić information content (AvgIpc) is 2.53. The molecule has 2 N–H and O–H groups in total. The molecule has 0 aromatic rings. The molecule has 0 saturated carbocycles. The lowest BCUT2D eigenvalue weighted by atomic mass is 10.0. The Morgan fingerprint density at radius 1 is 0.545 bits per heavy atom. The first-order valence-electron chi connectivity index (χ1n) is 10.0. The molecule has 2 nitrogen and oxygen atoms in total. The van der Waals surface area contributed by atoms with Crippen molar-refractivity contribution in [3.05, 3.63) is 0 Å². The monoisotopic (exact) mass is 316 g/mol. The lowest BCUT2D eigenvalue weighted by Crippen LogP contribution is -2.05. The predicted molar refractivity (Wildman–Crippen MR) is 99.4 cm³/mol. The molecule has 0 aliphatic carbocycles. The topological polar surface area (TPSA) is 40.5 Å². The molecule has 22 heavy (non-hydrogen) atoms. The molecule has 136 valence electrons. The second kappa shape index (κ2) is 23.2. The highest BCUT2D eigenvalue weighted by Crippen LogP contribution is 2.11. The largest absolute Gasteiger partial charge is 0.396 e. The second-order valence-corrected chi connectivity index (χ2v) is 6.49. The number of unbranched alkanes of at least 4 members (excludes halogenated alkanes) is 10. The van der Waals surface area contributed by atoms with Crippen LogP contribution in [0.4, 0.5) is 0 Å². The Balaban J connectivity index is 0. The summed E-state index contributed by atoms with van der Waals surface area (Å²) in [5, 5.41) is 18.0. The van der Waals surface area contributed by atoms with Crippen LogP contribution >= 0.6 is 0 Å². The van der Waals surface area contributed by atoms with Crippen molar-refractivity contribution in [2.75, 3.05) is 6.61 Å². The van der Waals surface area contributed by atoms with Crippen molar-refractivity contribution < 1.29 is 10.2 Å². The fraction of sp³-hybridized carbons (Fsp3) is 1.00. The molecule has 0 aliphatic heterocycles. The summed E-state index contributed by atoms with van der Waals surface area (Å²) < 4.78 is 0. The van der Waals surface area contributed by atoms with Crippen LogP contribution in [-0.2, 0) is 0 Å². The van der Waals surface area contributed by atoms with Crippen LogP contribution in [0.3, 0.4) is 0 Å². The fourth-order valence-corrected chi connectivity index (χ4v) is 2.46. The standard InChI is InChI=1S/C12H26O.C8H18O/c1-3-5-7-8-9-11-12(13)10-6-4-2;1-2-3-4-5-6-7-8-9/h12-13H,3-11H2,1-2H3;9H,2-8H2,1H3. The Bertz CT molecular complexity index is 165. The summed E-state index contributed by atoms with van der Waals surface area (Å²) in [6, 6.07) is 0. The molecule has 1 atom stereocenters. The Morgan fingerprint density at radius 2 is 0.955 bits per heavy atom. The first-order valence-corrected chi connectivity index (χ1v) is 10.0. The number of aliphatic hydroxyl groups is 2. The lowest BCUT2D eigenvalue weighted by Gasteiger charge is -2.08. The molecule has 0 spiro atoms. The maximum absolute atomic E-state index is 9.54. The minimum Gasteiger partial charge on any atom is -0.396 e. The normalized spacial score (nSPS) is 11.9. The quantitative estimate of drug-likeness (QED) is 0.351. The number of hydrogen-bond acceptors (Lipinski definition) is 2. The number of aliphatic hydroxyl groups excluding tert-OH is 2. The van der Waals surface area contributed by atoms with Gasteiger partial charge < -0.3 is 10.2 Å². The molecule has 0 radical (unpaired) electrons. The minimum absolute atomic E-state index is 0.0263. The third-order valence-corrected chi connectivity index (χ3v) is 4.04. The summed E-state index contributed by atoms with van der Waals surface area (Å²) in [5.41, 5.74) is 0. The van der Waals surface area contributed by atoms with E-state index in [1.54, 1.807) is 0 Å². The number of rotatable bonds is 15. The molecule has 0 aliphatic rings. The van der Waals surface area contributed by atoms with Gasteiger partial charge in [0.15, 0.2) is 0 Å². The van der Waals surface area contributed by atoms with E-state index in [9.17, 15) is 5.11 Å². The van der Waals surface area contributed by atoms with E-state index in [0.717, 1.165) is 19.3 Å². The van der Waals surface area contributed by atoms with Gasteiger partial charge in [-0.2, -0.15) is 0 Å². The molecule has 0 amide bonds. The second-order valence-electron chi connectivity index (χ2n) is 6.49. The summed E-state index contributed by atoms with van der Waals surface area (Å²) in [6.07, 6.45) is 18.4. The molecule has 1 unspecified atom stereocenters. The van der Waals surface area contributed by atoms with Gasteiger partial charge in [-0.25, -0.2) is 0 Å². The van der Waals surface area contributed by atoms with Crippen molar-refractivity contribution in [2.24, 2.45) is 0 Å². The van der Waals surface area contributed by atoms with Gasteiger partial charge in [-0.3, -0.25) is 0 Å². The van der Waals surface area contributed by atoms with Gasteiger partial charge in [-0.15, -0.1) is 0 Å². The van der Waals surface area contributed by atoms with Crippen molar-refractivity contribution >= 4 is 0 Å². The van der Waals surface area contributed by atoms with Gasteiger partial charge in [-0.1, -0.05) is 97.8 Å². The molecule has 2 heteroatoms. The fourth-order valence-electron chi connectivity index (χ4n) is 2.46. The van der Waals surface area contributed by atoms with E-state index in [2.05, 4.69) is 20.8 Å². The van der Waals surface area contributed by atoms with Gasteiger partial charge in [0.25, 0.3) is 0 Å². The zero-order valence-corrected chi connectivity index (χ0v) is 15.8. The van der Waals surface area contributed by atoms with E-state index in [-0.39, 0.29) is 6.10 Å². The van der Waals surface area contributed by atoms with Crippen molar-refractivity contribution in [1.29, 1.82) is 0 Å². The smallest absolute Gasteiger partial charge is 0.0540 e. The average molecular weight is 317 g/mol. The zero-order chi connectivity index (χ0) is 16.9. The third kappa shape index (κ3) is 24.9. The maximum atomic E-state index is 9.54. The summed E-state index contributed by atoms with van der Waals surface area (Å²) in [6.45, 7) is 6.99. The van der Waals surface area contributed by atoms with Crippen molar-refractivity contribution in [1.82, 2.24) is 0 Å². The molecule has 0 bridgehead atoms. The van der Waals surface area contributed by atoms with Gasteiger partial charge in [0.1, 0.15) is 0 Å². The van der Waals surface area contributed by atoms with Crippen LogP contribution in [0, 0.1) is 0 Å². The molecular formula is C20H44O2. The summed E-state index contributed by atoms with van der Waals surface area (Å²) >= 11 is 0. The van der Waals surface area contributed by atoms with E-state index in [1.807, 2.05) is 0 Å². The van der Waals surface area contributed by atoms with E-state index >= 15 is 0 Å². The van der Waals surface area contributed by atoms with Gasteiger partial charge in [0, 0.05) is 6.61 Å². The third-order valence-electron chi connectivity index (χ3n) is 4.04. The van der Waals surface area contributed by atoms with Crippen molar-refractivity contribution in [3.63, 3.8) is 0 Å².